The van der Waals surface area contributed by atoms with Gasteiger partial charge in [0.15, 0.2) is 0 Å². The van der Waals surface area contributed by atoms with Crippen LogP contribution in [0.1, 0.15) is 13.3 Å². The minimum Gasteiger partial charge on any atom is -0.466 e. The Hall–Kier alpha value is -1.37. The molecule has 0 N–H and O–H groups in total. The van der Waals surface area contributed by atoms with Crippen molar-refractivity contribution in [1.82, 2.24) is 20.2 Å². The molecule has 0 amide bonds. The van der Waals surface area contributed by atoms with Crippen LogP contribution < -0.4 is 0 Å². The van der Waals surface area contributed by atoms with Gasteiger partial charge in [-0.1, -0.05) is 24.8 Å². The van der Waals surface area contributed by atoms with Gasteiger partial charge in [-0.15, -0.1) is 5.10 Å². The predicted octanol–water partition coefficient (Wildman–Crippen LogP) is 0.812. The molecule has 0 bridgehead atoms. The molecule has 1 aromatic rings. The Balaban J connectivity index is 2.52. The van der Waals surface area contributed by atoms with Crippen LogP contribution in [-0.2, 0) is 16.6 Å². The van der Waals surface area contributed by atoms with Gasteiger partial charge in [-0.05, 0) is 16.8 Å². The number of thioether (sulfide) groups is 1. The lowest BCUT2D eigenvalue weighted by Crippen LogP contribution is -2.04. The molecule has 0 aliphatic heterocycles. The number of carbonyl (C=O) groups excluding carboxylic acids is 1. The lowest BCUT2D eigenvalue weighted by molar-refractivity contribution is -0.136. The van der Waals surface area contributed by atoms with Crippen molar-refractivity contribution in [2.45, 2.75) is 18.5 Å². The van der Waals surface area contributed by atoms with Crippen molar-refractivity contribution in [1.29, 1.82) is 0 Å². The molecule has 0 spiro atoms. The number of aromatic nitrogens is 4. The third-order valence-electron chi connectivity index (χ3n) is 1.95. The van der Waals surface area contributed by atoms with E-state index in [4.69, 9.17) is 0 Å². The second-order valence-corrected chi connectivity index (χ2v) is 3.96. The minimum atomic E-state index is -0.279. The molecule has 6 nitrogen and oxygen atoms in total. The fourth-order valence-corrected chi connectivity index (χ4v) is 1.81. The molecule has 7 heteroatoms. The van der Waals surface area contributed by atoms with Crippen molar-refractivity contribution < 1.29 is 9.53 Å². The summed E-state index contributed by atoms with van der Waals surface area (Å²) in [5.74, 6) is 0.367. The topological polar surface area (TPSA) is 69.9 Å². The molecular weight excluding hydrogens is 228 g/mol. The number of aryl methyl sites for hydroxylation is 1. The van der Waals surface area contributed by atoms with Gasteiger partial charge in [0, 0.05) is 18.4 Å². The van der Waals surface area contributed by atoms with E-state index in [1.165, 1.54) is 18.9 Å². The average Bonchev–Trinajstić information content (AvgIpc) is 2.69. The molecule has 0 radical (unpaired) electrons. The van der Waals surface area contributed by atoms with Crippen molar-refractivity contribution in [2.24, 2.45) is 7.05 Å². The van der Waals surface area contributed by atoms with Gasteiger partial charge in [-0.2, -0.15) is 0 Å². The van der Waals surface area contributed by atoms with Crippen LogP contribution in [0, 0.1) is 0 Å². The molecule has 0 saturated heterocycles. The molecule has 0 unspecified atom stereocenters. The van der Waals surface area contributed by atoms with Crippen LogP contribution in [0.2, 0.25) is 0 Å². The van der Waals surface area contributed by atoms with Crippen LogP contribution in [0.4, 0.5) is 0 Å². The van der Waals surface area contributed by atoms with Gasteiger partial charge in [-0.25, -0.2) is 9.48 Å². The van der Waals surface area contributed by atoms with Gasteiger partial charge in [-0.3, -0.25) is 0 Å². The van der Waals surface area contributed by atoms with Crippen LogP contribution in [0.5, 0.6) is 0 Å². The third-order valence-corrected chi connectivity index (χ3v) is 2.89. The number of methoxy groups -OCH3 is 1. The fourth-order valence-electron chi connectivity index (χ4n) is 1.06. The number of hydrogen-bond acceptors (Lipinski definition) is 6. The van der Waals surface area contributed by atoms with E-state index in [0.29, 0.717) is 17.7 Å². The maximum absolute atomic E-state index is 11.3. The summed E-state index contributed by atoms with van der Waals surface area (Å²) in [6.45, 7) is 1.91. The van der Waals surface area contributed by atoms with Crippen LogP contribution in [0.3, 0.4) is 0 Å². The normalized spacial score (nSPS) is 11.6. The highest BCUT2D eigenvalue weighted by molar-refractivity contribution is 7.99. The fraction of sp³-hybridized carbons (Fsp3) is 0.556. The van der Waals surface area contributed by atoms with Crippen molar-refractivity contribution >= 4 is 17.7 Å². The first-order chi connectivity index (χ1) is 7.69. The lowest BCUT2D eigenvalue weighted by atomic mass is 10.2. The molecule has 0 atom stereocenters. The van der Waals surface area contributed by atoms with Gasteiger partial charge in [0.2, 0.25) is 5.16 Å². The highest BCUT2D eigenvalue weighted by Crippen LogP contribution is 2.14. The van der Waals surface area contributed by atoms with Gasteiger partial charge in [0.25, 0.3) is 0 Å². The van der Waals surface area contributed by atoms with Crippen molar-refractivity contribution in [2.75, 3.05) is 12.9 Å². The lowest BCUT2D eigenvalue weighted by Gasteiger charge is -2.01. The first kappa shape index (κ1) is 12.7. The Kier molecular flexibility index (Phi) is 4.97. The van der Waals surface area contributed by atoms with Gasteiger partial charge >= 0.3 is 5.97 Å². The minimum absolute atomic E-state index is 0.279. The Bertz CT molecular complexity index is 389. The molecule has 0 aliphatic carbocycles. The Morgan fingerprint density at radius 2 is 2.38 bits per heavy atom. The van der Waals surface area contributed by atoms with E-state index < -0.39 is 0 Å². The summed E-state index contributed by atoms with van der Waals surface area (Å²) in [5, 5.41) is 11.8. The molecule has 1 rings (SSSR count). The Morgan fingerprint density at radius 1 is 1.62 bits per heavy atom. The molecule has 1 heterocycles. The van der Waals surface area contributed by atoms with Crippen molar-refractivity contribution in [3.63, 3.8) is 0 Å². The van der Waals surface area contributed by atoms with Crippen molar-refractivity contribution in [3.05, 3.63) is 11.6 Å². The van der Waals surface area contributed by atoms with Gasteiger partial charge in [0.1, 0.15) is 0 Å². The average molecular weight is 242 g/mol. The molecule has 88 valence electrons. The summed E-state index contributed by atoms with van der Waals surface area (Å²) in [5.41, 5.74) is 0.671. The monoisotopic (exact) mass is 242 g/mol. The molecule has 16 heavy (non-hydrogen) atoms. The Morgan fingerprint density at radius 3 is 2.88 bits per heavy atom. The maximum atomic E-state index is 11.3. The summed E-state index contributed by atoms with van der Waals surface area (Å²) in [6, 6.07) is 0. The summed E-state index contributed by atoms with van der Waals surface area (Å²) in [4.78, 5) is 11.3. The standard InChI is InChI=1S/C9H14N4O2S/c1-4-7(8(14)15-3)5-6-16-9-10-11-12-13(9)2/h5H,4,6H2,1-3H3. The van der Waals surface area contributed by atoms with Crippen LogP contribution in [0.15, 0.2) is 16.8 Å². The van der Waals surface area contributed by atoms with Crippen molar-refractivity contribution in [3.8, 4) is 0 Å². The molecular formula is C9H14N4O2S. The largest absolute Gasteiger partial charge is 0.466 e. The third kappa shape index (κ3) is 3.34. The smallest absolute Gasteiger partial charge is 0.333 e. The highest BCUT2D eigenvalue weighted by atomic mass is 32.2. The summed E-state index contributed by atoms with van der Waals surface area (Å²) >= 11 is 1.47. The number of hydrogen-bond donors (Lipinski definition) is 0. The first-order valence-corrected chi connectivity index (χ1v) is 5.80. The molecule has 1 aromatic heterocycles. The summed E-state index contributed by atoms with van der Waals surface area (Å²) in [7, 11) is 3.15. The number of esters is 1. The van der Waals surface area contributed by atoms with Gasteiger partial charge < -0.3 is 4.74 Å². The maximum Gasteiger partial charge on any atom is 0.333 e. The highest BCUT2D eigenvalue weighted by Gasteiger charge is 2.07. The van der Waals surface area contributed by atoms with E-state index in [9.17, 15) is 4.79 Å². The zero-order valence-electron chi connectivity index (χ0n) is 9.51. The molecule has 0 aromatic carbocycles. The second kappa shape index (κ2) is 6.26. The van der Waals surface area contributed by atoms with Crippen LogP contribution in [0.25, 0.3) is 0 Å². The van der Waals surface area contributed by atoms with E-state index in [1.54, 1.807) is 11.7 Å². The Labute approximate surface area is 98.0 Å². The molecule has 0 aliphatic rings. The second-order valence-electron chi connectivity index (χ2n) is 2.97. The first-order valence-electron chi connectivity index (χ1n) is 4.81. The number of ether oxygens (including phenoxy) is 1. The number of carbonyl (C=O) groups is 1. The van der Waals surface area contributed by atoms with E-state index >= 15 is 0 Å². The van der Waals surface area contributed by atoms with Gasteiger partial charge in [0.05, 0.1) is 7.11 Å². The van der Waals surface area contributed by atoms with Crippen LogP contribution in [-0.4, -0.2) is 39.0 Å². The quantitative estimate of drug-likeness (QED) is 0.432. The predicted molar refractivity (Wildman–Crippen MR) is 59.9 cm³/mol. The molecule has 0 fully saturated rings. The van der Waals surface area contributed by atoms with E-state index in [1.807, 2.05) is 13.0 Å². The number of tetrazole rings is 1. The van der Waals surface area contributed by atoms with E-state index in [-0.39, 0.29) is 5.97 Å². The van der Waals surface area contributed by atoms with E-state index in [2.05, 4.69) is 20.3 Å². The summed E-state index contributed by atoms with van der Waals surface area (Å²) < 4.78 is 6.24. The molecule has 0 saturated carbocycles. The summed E-state index contributed by atoms with van der Waals surface area (Å²) in [6.07, 6.45) is 2.50. The SMILES string of the molecule is CCC(=CCSc1nnnn1C)C(=O)OC. The van der Waals surface area contributed by atoms with E-state index in [0.717, 1.165) is 5.16 Å². The zero-order valence-corrected chi connectivity index (χ0v) is 10.3. The van der Waals surface area contributed by atoms with Crippen LogP contribution >= 0.6 is 11.8 Å². The number of nitrogens with zero attached hydrogens (tertiary/aromatic N) is 4. The zero-order chi connectivity index (χ0) is 12.0. The number of rotatable bonds is 5.